The molecule has 0 N–H and O–H groups in total. The highest BCUT2D eigenvalue weighted by Gasteiger charge is 2.34. The average Bonchev–Trinajstić information content (AvgIpc) is 3.05. The second-order valence-corrected chi connectivity index (χ2v) is 12.8. The van der Waals surface area contributed by atoms with E-state index in [-0.39, 0.29) is 6.04 Å². The summed E-state index contributed by atoms with van der Waals surface area (Å²) in [6.45, 7) is 0.344. The fourth-order valence-electron chi connectivity index (χ4n) is 5.90. The van der Waals surface area contributed by atoms with E-state index in [0.717, 1.165) is 71.2 Å². The molecule has 6 rings (SSSR count). The summed E-state index contributed by atoms with van der Waals surface area (Å²) in [5.41, 5.74) is 6.69. The SMILES string of the molecule is O=S(=O)(c1ccc(-c2ccccn2)cc1Cc1cccnc1)N(Cc1ccc(-c2ccccc2)cc1)C1CCCCC1. The topological polar surface area (TPSA) is 63.2 Å². The molecule has 0 radical (unpaired) electrons. The third kappa shape index (κ3) is 6.35. The maximum atomic E-state index is 14.7. The van der Waals surface area contributed by atoms with Gasteiger partial charge in [-0.15, -0.1) is 0 Å². The Labute approximate surface area is 249 Å². The lowest BCUT2D eigenvalue weighted by atomic mass is 9.95. The summed E-state index contributed by atoms with van der Waals surface area (Å²) in [4.78, 5) is 9.14. The van der Waals surface area contributed by atoms with Crippen molar-refractivity contribution >= 4 is 10.0 Å². The summed E-state index contributed by atoms with van der Waals surface area (Å²) < 4.78 is 31.1. The first-order valence-corrected chi connectivity index (χ1v) is 16.1. The number of hydrogen-bond acceptors (Lipinski definition) is 4. The van der Waals surface area contributed by atoms with E-state index in [1.807, 2.05) is 60.7 Å². The molecule has 5 nitrogen and oxygen atoms in total. The van der Waals surface area contributed by atoms with Crippen LogP contribution in [0.1, 0.15) is 48.8 Å². The lowest BCUT2D eigenvalue weighted by Gasteiger charge is -2.34. The molecule has 5 aromatic rings. The van der Waals surface area contributed by atoms with Gasteiger partial charge in [0.1, 0.15) is 0 Å². The van der Waals surface area contributed by atoms with Crippen LogP contribution >= 0.6 is 0 Å². The summed E-state index contributed by atoms with van der Waals surface area (Å²) in [5.74, 6) is 0. The van der Waals surface area contributed by atoms with Crippen molar-refractivity contribution in [2.24, 2.45) is 0 Å². The van der Waals surface area contributed by atoms with E-state index in [0.29, 0.717) is 17.9 Å². The highest BCUT2D eigenvalue weighted by atomic mass is 32.2. The first-order chi connectivity index (χ1) is 20.6. The molecule has 6 heteroatoms. The second kappa shape index (κ2) is 12.8. The average molecular weight is 574 g/mol. The maximum absolute atomic E-state index is 14.7. The number of sulfonamides is 1. The number of pyridine rings is 2. The molecule has 1 saturated carbocycles. The van der Waals surface area contributed by atoms with Gasteiger partial charge in [-0.2, -0.15) is 4.31 Å². The van der Waals surface area contributed by atoms with Crippen LogP contribution in [0.25, 0.3) is 22.4 Å². The molecule has 42 heavy (non-hydrogen) atoms. The largest absolute Gasteiger partial charge is 0.264 e. The van der Waals surface area contributed by atoms with Crippen LogP contribution in [-0.4, -0.2) is 28.7 Å². The van der Waals surface area contributed by atoms with Crippen molar-refractivity contribution < 1.29 is 8.42 Å². The molecule has 0 spiro atoms. The Balaban J connectivity index is 1.38. The standard InChI is InChI=1S/C36H35N3O2S/c40-42(41,36-21-20-32(35-15-7-8-23-38-35)25-33(36)24-29-10-9-22-37-26-29)39(34-13-5-2-6-14-34)27-28-16-18-31(19-17-28)30-11-3-1-4-12-30/h1,3-4,7-12,15-23,25-26,34H,2,5-6,13-14,24,27H2. The van der Waals surface area contributed by atoms with Gasteiger partial charge < -0.3 is 0 Å². The van der Waals surface area contributed by atoms with E-state index in [1.165, 1.54) is 0 Å². The summed E-state index contributed by atoms with van der Waals surface area (Å²) >= 11 is 0. The smallest absolute Gasteiger partial charge is 0.243 e. The Bertz CT molecular complexity index is 1700. The predicted octanol–water partition coefficient (Wildman–Crippen LogP) is 7.93. The first kappa shape index (κ1) is 28.0. The lowest BCUT2D eigenvalue weighted by Crippen LogP contribution is -2.41. The van der Waals surface area contributed by atoms with Gasteiger partial charge in [-0.1, -0.05) is 92.1 Å². The maximum Gasteiger partial charge on any atom is 0.243 e. The highest BCUT2D eigenvalue weighted by Crippen LogP contribution is 2.33. The summed E-state index contributed by atoms with van der Waals surface area (Å²) in [7, 11) is -3.82. The van der Waals surface area contributed by atoms with Gasteiger partial charge in [-0.25, -0.2) is 8.42 Å². The minimum Gasteiger partial charge on any atom is -0.264 e. The molecule has 1 fully saturated rings. The van der Waals surface area contributed by atoms with Crippen LogP contribution in [0.15, 0.2) is 127 Å². The predicted molar refractivity (Wildman–Crippen MR) is 168 cm³/mol. The van der Waals surface area contributed by atoms with Gasteiger partial charge in [-0.05, 0) is 71.0 Å². The summed E-state index contributed by atoms with van der Waals surface area (Å²) in [5, 5.41) is 0. The van der Waals surface area contributed by atoms with E-state index in [2.05, 4.69) is 46.4 Å². The molecule has 0 atom stereocenters. The van der Waals surface area contributed by atoms with Crippen LogP contribution in [0.3, 0.4) is 0 Å². The molecule has 1 aliphatic rings. The van der Waals surface area contributed by atoms with Crippen LogP contribution in [0.2, 0.25) is 0 Å². The Morgan fingerprint density at radius 1 is 0.690 bits per heavy atom. The molecule has 0 bridgehead atoms. The molecule has 0 amide bonds. The molecule has 1 aliphatic carbocycles. The molecular formula is C36H35N3O2S. The van der Waals surface area contributed by atoms with Gasteiger partial charge in [-0.3, -0.25) is 9.97 Å². The van der Waals surface area contributed by atoms with Crippen molar-refractivity contribution in [3.8, 4) is 22.4 Å². The van der Waals surface area contributed by atoms with Crippen LogP contribution in [0.4, 0.5) is 0 Å². The zero-order chi connectivity index (χ0) is 28.8. The summed E-state index contributed by atoms with van der Waals surface area (Å²) in [6, 6.07) is 33.8. The van der Waals surface area contributed by atoms with Gasteiger partial charge in [0, 0.05) is 43.2 Å². The fraction of sp³-hybridized carbons (Fsp3) is 0.222. The summed E-state index contributed by atoms with van der Waals surface area (Å²) in [6.07, 6.45) is 10.8. The van der Waals surface area contributed by atoms with E-state index in [1.54, 1.807) is 29.0 Å². The quantitative estimate of drug-likeness (QED) is 0.180. The fourth-order valence-corrected chi connectivity index (χ4v) is 7.78. The molecule has 0 aliphatic heterocycles. The van der Waals surface area contributed by atoms with Crippen molar-refractivity contribution in [1.29, 1.82) is 0 Å². The molecule has 0 unspecified atom stereocenters. The van der Waals surface area contributed by atoms with Crippen molar-refractivity contribution in [2.45, 2.75) is 56.0 Å². The van der Waals surface area contributed by atoms with Crippen molar-refractivity contribution in [1.82, 2.24) is 14.3 Å². The van der Waals surface area contributed by atoms with Crippen LogP contribution in [-0.2, 0) is 23.0 Å². The first-order valence-electron chi connectivity index (χ1n) is 14.7. The third-order valence-corrected chi connectivity index (χ3v) is 10.1. The monoisotopic (exact) mass is 573 g/mol. The zero-order valence-corrected chi connectivity index (χ0v) is 24.5. The van der Waals surface area contributed by atoms with E-state index < -0.39 is 10.0 Å². The van der Waals surface area contributed by atoms with Crippen molar-refractivity contribution in [3.05, 3.63) is 138 Å². The minimum atomic E-state index is -3.82. The van der Waals surface area contributed by atoms with Gasteiger partial charge in [0.15, 0.2) is 0 Å². The van der Waals surface area contributed by atoms with Crippen molar-refractivity contribution in [2.75, 3.05) is 0 Å². The molecule has 2 aromatic heterocycles. The van der Waals surface area contributed by atoms with Crippen molar-refractivity contribution in [3.63, 3.8) is 0 Å². The van der Waals surface area contributed by atoms with Gasteiger partial charge in [0.2, 0.25) is 10.0 Å². The normalized spacial score (nSPS) is 14.2. The molecular weight excluding hydrogens is 538 g/mol. The Morgan fingerprint density at radius 3 is 2.14 bits per heavy atom. The number of rotatable bonds is 9. The van der Waals surface area contributed by atoms with Gasteiger partial charge in [0.25, 0.3) is 0 Å². The Hall–Kier alpha value is -4.13. The van der Waals surface area contributed by atoms with Gasteiger partial charge in [0.05, 0.1) is 10.6 Å². The van der Waals surface area contributed by atoms with Crippen LogP contribution < -0.4 is 0 Å². The molecule has 0 saturated heterocycles. The van der Waals surface area contributed by atoms with Gasteiger partial charge >= 0.3 is 0 Å². The lowest BCUT2D eigenvalue weighted by molar-refractivity contribution is 0.247. The number of hydrogen-bond donors (Lipinski definition) is 0. The van der Waals surface area contributed by atoms with Crippen LogP contribution in [0.5, 0.6) is 0 Å². The highest BCUT2D eigenvalue weighted by molar-refractivity contribution is 7.89. The molecule has 3 aromatic carbocycles. The van der Waals surface area contributed by atoms with E-state index >= 15 is 0 Å². The second-order valence-electron chi connectivity index (χ2n) is 11.0. The van der Waals surface area contributed by atoms with E-state index in [4.69, 9.17) is 0 Å². The molecule has 2 heterocycles. The number of benzene rings is 3. The Kier molecular flexibility index (Phi) is 8.54. The molecule has 212 valence electrons. The Morgan fingerprint density at radius 2 is 1.43 bits per heavy atom. The van der Waals surface area contributed by atoms with E-state index in [9.17, 15) is 8.42 Å². The van der Waals surface area contributed by atoms with Crippen LogP contribution in [0, 0.1) is 0 Å². The third-order valence-electron chi connectivity index (χ3n) is 8.11. The zero-order valence-electron chi connectivity index (χ0n) is 23.6. The number of nitrogens with zero attached hydrogens (tertiary/aromatic N) is 3. The minimum absolute atomic E-state index is 0.0285. The number of aromatic nitrogens is 2.